The second-order valence-corrected chi connectivity index (χ2v) is 4.71. The summed E-state index contributed by atoms with van der Waals surface area (Å²) >= 11 is 5.75. The van der Waals surface area contributed by atoms with E-state index in [4.69, 9.17) is 16.3 Å². The molecule has 4 heteroatoms. The molecule has 0 spiro atoms. The maximum absolute atomic E-state index is 13.1. The van der Waals surface area contributed by atoms with Gasteiger partial charge >= 0.3 is 0 Å². The molecule has 0 unspecified atom stereocenters. The molecule has 0 atom stereocenters. The summed E-state index contributed by atoms with van der Waals surface area (Å²) < 4.78 is 18.3. The highest BCUT2D eigenvalue weighted by Crippen LogP contribution is 2.26. The normalized spacial score (nSPS) is 10.3. The van der Waals surface area contributed by atoms with Gasteiger partial charge in [-0.3, -0.25) is 0 Å². The molecule has 2 rings (SSSR count). The lowest BCUT2D eigenvalue weighted by Gasteiger charge is -2.12. The van der Waals surface area contributed by atoms with Gasteiger partial charge in [-0.05, 0) is 42.3 Å². The van der Waals surface area contributed by atoms with Crippen LogP contribution in [0.3, 0.4) is 0 Å². The Labute approximate surface area is 117 Å². The van der Waals surface area contributed by atoms with Crippen LogP contribution in [-0.4, -0.2) is 7.11 Å². The highest BCUT2D eigenvalue weighted by molar-refractivity contribution is 6.30. The topological polar surface area (TPSA) is 21.3 Å². The van der Waals surface area contributed by atoms with E-state index in [-0.39, 0.29) is 5.02 Å². The lowest BCUT2D eigenvalue weighted by Crippen LogP contribution is -2.02. The minimum atomic E-state index is -0.404. The Balaban J connectivity index is 2.13. The van der Waals surface area contributed by atoms with Gasteiger partial charge in [0.1, 0.15) is 11.6 Å². The Kier molecular flexibility index (Phi) is 4.27. The average Bonchev–Trinajstić information content (AvgIpc) is 2.40. The Morgan fingerprint density at radius 3 is 2.68 bits per heavy atom. The smallest absolute Gasteiger partial charge is 0.141 e. The fraction of sp³-hybridized carbons (Fsp3) is 0.200. The number of methoxy groups -OCH3 is 1. The maximum atomic E-state index is 13.1. The molecule has 19 heavy (non-hydrogen) atoms. The summed E-state index contributed by atoms with van der Waals surface area (Å²) in [6.45, 7) is 2.57. The average molecular weight is 280 g/mol. The summed E-state index contributed by atoms with van der Waals surface area (Å²) in [5.74, 6) is 0.373. The molecule has 0 aliphatic heterocycles. The number of ether oxygens (including phenoxy) is 1. The van der Waals surface area contributed by atoms with Gasteiger partial charge in [0, 0.05) is 6.54 Å². The highest BCUT2D eigenvalue weighted by atomic mass is 35.5. The second kappa shape index (κ2) is 5.93. The van der Waals surface area contributed by atoms with Crippen LogP contribution in [0.25, 0.3) is 0 Å². The van der Waals surface area contributed by atoms with Crippen molar-refractivity contribution in [3.63, 3.8) is 0 Å². The third-order valence-corrected chi connectivity index (χ3v) is 3.11. The SMILES string of the molecule is COc1ccc(C)cc1NCc1ccc(F)c(Cl)c1. The van der Waals surface area contributed by atoms with Gasteiger partial charge in [-0.1, -0.05) is 23.7 Å². The zero-order valence-electron chi connectivity index (χ0n) is 10.8. The van der Waals surface area contributed by atoms with Crippen LogP contribution < -0.4 is 10.1 Å². The van der Waals surface area contributed by atoms with Gasteiger partial charge < -0.3 is 10.1 Å². The molecule has 0 saturated heterocycles. The summed E-state index contributed by atoms with van der Waals surface area (Å²) in [5.41, 5.74) is 2.96. The molecule has 0 saturated carbocycles. The number of hydrogen-bond donors (Lipinski definition) is 1. The second-order valence-electron chi connectivity index (χ2n) is 4.31. The summed E-state index contributed by atoms with van der Waals surface area (Å²) in [6.07, 6.45) is 0. The first-order chi connectivity index (χ1) is 9.10. The van der Waals surface area contributed by atoms with Crippen molar-refractivity contribution in [1.82, 2.24) is 0 Å². The Morgan fingerprint density at radius 1 is 1.21 bits per heavy atom. The predicted octanol–water partition coefficient (Wildman–Crippen LogP) is 4.41. The molecule has 0 fully saturated rings. The molecule has 2 nitrogen and oxygen atoms in total. The van der Waals surface area contributed by atoms with Crippen molar-refractivity contribution in [1.29, 1.82) is 0 Å². The van der Waals surface area contributed by atoms with Crippen LogP contribution in [0.5, 0.6) is 5.75 Å². The van der Waals surface area contributed by atoms with E-state index in [1.54, 1.807) is 19.2 Å². The van der Waals surface area contributed by atoms with Crippen molar-refractivity contribution in [2.24, 2.45) is 0 Å². The van der Waals surface area contributed by atoms with Crippen LogP contribution in [0.15, 0.2) is 36.4 Å². The van der Waals surface area contributed by atoms with Crippen LogP contribution in [0.4, 0.5) is 10.1 Å². The lowest BCUT2D eigenvalue weighted by molar-refractivity contribution is 0.416. The molecule has 0 aliphatic carbocycles. The summed E-state index contributed by atoms with van der Waals surface area (Å²) in [7, 11) is 1.63. The van der Waals surface area contributed by atoms with Crippen molar-refractivity contribution < 1.29 is 9.13 Å². The van der Waals surface area contributed by atoms with Crippen LogP contribution in [-0.2, 0) is 6.54 Å². The van der Waals surface area contributed by atoms with E-state index in [0.29, 0.717) is 6.54 Å². The molecular weight excluding hydrogens is 265 g/mol. The molecule has 0 heterocycles. The van der Waals surface area contributed by atoms with Crippen molar-refractivity contribution in [3.05, 3.63) is 58.4 Å². The zero-order valence-corrected chi connectivity index (χ0v) is 11.6. The Bertz CT molecular complexity index is 586. The van der Waals surface area contributed by atoms with Crippen molar-refractivity contribution in [2.75, 3.05) is 12.4 Å². The van der Waals surface area contributed by atoms with Gasteiger partial charge in [0.2, 0.25) is 0 Å². The quantitative estimate of drug-likeness (QED) is 0.895. The minimum Gasteiger partial charge on any atom is -0.495 e. The highest BCUT2D eigenvalue weighted by Gasteiger charge is 2.04. The van der Waals surface area contributed by atoms with Crippen LogP contribution in [0, 0.1) is 12.7 Å². The number of hydrogen-bond acceptors (Lipinski definition) is 2. The van der Waals surface area contributed by atoms with E-state index < -0.39 is 5.82 Å². The van der Waals surface area contributed by atoms with Crippen LogP contribution in [0.2, 0.25) is 5.02 Å². The first kappa shape index (κ1) is 13.7. The summed E-state index contributed by atoms with van der Waals surface area (Å²) in [4.78, 5) is 0. The number of rotatable bonds is 4. The molecular formula is C15H15ClFNO. The molecule has 0 radical (unpaired) electrons. The van der Waals surface area contributed by atoms with Gasteiger partial charge in [0.25, 0.3) is 0 Å². The lowest BCUT2D eigenvalue weighted by atomic mass is 10.2. The van der Waals surface area contributed by atoms with Gasteiger partial charge in [0.15, 0.2) is 0 Å². The maximum Gasteiger partial charge on any atom is 0.141 e. The third kappa shape index (κ3) is 3.38. The van der Waals surface area contributed by atoms with E-state index in [1.807, 2.05) is 25.1 Å². The van der Waals surface area contributed by atoms with E-state index in [1.165, 1.54) is 6.07 Å². The number of halogens is 2. The first-order valence-corrected chi connectivity index (χ1v) is 6.30. The van der Waals surface area contributed by atoms with Crippen molar-refractivity contribution in [2.45, 2.75) is 13.5 Å². The van der Waals surface area contributed by atoms with Gasteiger partial charge in [-0.25, -0.2) is 4.39 Å². The van der Waals surface area contributed by atoms with E-state index >= 15 is 0 Å². The van der Waals surface area contributed by atoms with Crippen LogP contribution in [0.1, 0.15) is 11.1 Å². The fourth-order valence-electron chi connectivity index (χ4n) is 1.81. The number of aryl methyl sites for hydroxylation is 1. The molecule has 1 N–H and O–H groups in total. The number of benzene rings is 2. The largest absolute Gasteiger partial charge is 0.495 e. The molecule has 0 aliphatic rings. The third-order valence-electron chi connectivity index (χ3n) is 2.82. The van der Waals surface area contributed by atoms with Crippen LogP contribution >= 0.6 is 11.6 Å². The van der Waals surface area contributed by atoms with Gasteiger partial charge in [-0.15, -0.1) is 0 Å². The predicted molar refractivity (Wildman–Crippen MR) is 76.5 cm³/mol. The molecule has 0 amide bonds. The number of anilines is 1. The fourth-order valence-corrected chi connectivity index (χ4v) is 2.01. The van der Waals surface area contributed by atoms with E-state index in [9.17, 15) is 4.39 Å². The molecule has 2 aromatic rings. The number of nitrogens with one attached hydrogen (secondary N) is 1. The molecule has 0 bridgehead atoms. The van der Waals surface area contributed by atoms with E-state index in [0.717, 1.165) is 22.6 Å². The first-order valence-electron chi connectivity index (χ1n) is 5.92. The zero-order chi connectivity index (χ0) is 13.8. The van der Waals surface area contributed by atoms with E-state index in [2.05, 4.69) is 5.32 Å². The molecule has 0 aromatic heterocycles. The Morgan fingerprint density at radius 2 is 2.00 bits per heavy atom. The minimum absolute atomic E-state index is 0.135. The van der Waals surface area contributed by atoms with Crippen molar-refractivity contribution >= 4 is 17.3 Å². The van der Waals surface area contributed by atoms with Crippen molar-refractivity contribution in [3.8, 4) is 5.75 Å². The molecule has 100 valence electrons. The molecule has 2 aromatic carbocycles. The van der Waals surface area contributed by atoms with Gasteiger partial charge in [-0.2, -0.15) is 0 Å². The summed E-state index contributed by atoms with van der Waals surface area (Å²) in [5, 5.41) is 3.40. The Hall–Kier alpha value is -1.74. The standard InChI is InChI=1S/C15H15ClFNO/c1-10-3-6-15(19-2)14(7-10)18-9-11-4-5-13(17)12(16)8-11/h3-8,18H,9H2,1-2H3. The summed E-state index contributed by atoms with van der Waals surface area (Å²) in [6, 6.07) is 10.6. The van der Waals surface area contributed by atoms with Gasteiger partial charge in [0.05, 0.1) is 17.8 Å². The monoisotopic (exact) mass is 279 g/mol.